The Morgan fingerprint density at radius 2 is 0.848 bits per heavy atom. The molecule has 0 bridgehead atoms. The lowest BCUT2D eigenvalue weighted by molar-refractivity contribution is 0.634. The lowest BCUT2D eigenvalue weighted by Gasteiger charge is -2.17. The van der Waals surface area contributed by atoms with Gasteiger partial charge in [-0.05, 0) is 79.3 Å². The monoisotopic (exact) mass is 586 g/mol. The van der Waals surface area contributed by atoms with E-state index in [0.29, 0.717) is 0 Å². The predicted molar refractivity (Wildman–Crippen MR) is 192 cm³/mol. The van der Waals surface area contributed by atoms with E-state index in [2.05, 4.69) is 140 Å². The van der Waals surface area contributed by atoms with Crippen LogP contribution in [0.15, 0.2) is 167 Å². The first-order chi connectivity index (χ1) is 22.8. The van der Waals surface area contributed by atoms with E-state index in [0.717, 1.165) is 60.7 Å². The van der Waals surface area contributed by atoms with Crippen LogP contribution in [0.25, 0.3) is 98.8 Å². The summed E-state index contributed by atoms with van der Waals surface area (Å²) in [5, 5.41) is 10.5. The first-order valence-corrected chi connectivity index (χ1v) is 15.7. The largest absolute Gasteiger partial charge is 0.456 e. The average Bonchev–Trinajstić information content (AvgIpc) is 3.67. The van der Waals surface area contributed by atoms with Gasteiger partial charge in [0.05, 0.1) is 0 Å². The van der Waals surface area contributed by atoms with Crippen LogP contribution in [0.1, 0.15) is 0 Å². The highest BCUT2D eigenvalue weighted by molar-refractivity contribution is 6.23. The van der Waals surface area contributed by atoms with Gasteiger partial charge in [-0.2, -0.15) is 0 Å². The van der Waals surface area contributed by atoms with Gasteiger partial charge < -0.3 is 8.83 Å². The third-order valence-electron chi connectivity index (χ3n) is 9.44. The van der Waals surface area contributed by atoms with Crippen LogP contribution < -0.4 is 0 Å². The van der Waals surface area contributed by atoms with Crippen molar-refractivity contribution in [2.45, 2.75) is 0 Å². The topological polar surface area (TPSA) is 26.3 Å². The molecule has 2 nitrogen and oxygen atoms in total. The van der Waals surface area contributed by atoms with Gasteiger partial charge in [0.1, 0.15) is 22.5 Å². The van der Waals surface area contributed by atoms with Gasteiger partial charge >= 0.3 is 0 Å². The Hall–Kier alpha value is -6.12. The van der Waals surface area contributed by atoms with Crippen molar-refractivity contribution in [3.8, 4) is 33.6 Å². The Morgan fingerprint density at radius 3 is 1.54 bits per heavy atom. The van der Waals surface area contributed by atoms with Crippen molar-refractivity contribution in [3.05, 3.63) is 158 Å². The Bertz CT molecular complexity index is 2740. The van der Waals surface area contributed by atoms with Crippen molar-refractivity contribution in [1.29, 1.82) is 0 Å². The highest BCUT2D eigenvalue weighted by atomic mass is 16.3. The van der Waals surface area contributed by atoms with Crippen LogP contribution in [-0.4, -0.2) is 0 Å². The number of furan rings is 2. The second-order valence-corrected chi connectivity index (χ2v) is 12.0. The fraction of sp³-hybridized carbons (Fsp3) is 0. The molecule has 8 aromatic carbocycles. The Balaban J connectivity index is 1.29. The molecule has 0 unspecified atom stereocenters. The van der Waals surface area contributed by atoms with E-state index in [-0.39, 0.29) is 0 Å². The number of benzene rings is 8. The minimum atomic E-state index is 0.890. The summed E-state index contributed by atoms with van der Waals surface area (Å²) in [5.74, 6) is 0.902. The molecule has 10 aromatic rings. The maximum absolute atomic E-state index is 6.82. The molecule has 0 aliphatic heterocycles. The summed E-state index contributed by atoms with van der Waals surface area (Å²) in [4.78, 5) is 0. The molecule has 0 fully saturated rings. The molecule has 46 heavy (non-hydrogen) atoms. The zero-order valence-electron chi connectivity index (χ0n) is 24.8. The van der Waals surface area contributed by atoms with Gasteiger partial charge in [-0.1, -0.05) is 127 Å². The standard InChI is InChI=1S/C44H26O2/c1-2-12-27(13-3-1)42-36-19-9-11-21-39(36)46-44(42)43-34-17-6-4-15-32(34)41(33-16-5-7-18-35(33)43)29-23-22-28-26-40-37(25-30(28)24-29)31-14-8-10-20-38(31)45-40/h1-26H. The first kappa shape index (κ1) is 25.2. The zero-order valence-corrected chi connectivity index (χ0v) is 24.8. The number of hydrogen-bond donors (Lipinski definition) is 0. The molecule has 2 heteroatoms. The highest BCUT2D eigenvalue weighted by Crippen LogP contribution is 2.49. The fourth-order valence-corrected chi connectivity index (χ4v) is 7.42. The molecule has 0 saturated heterocycles. The first-order valence-electron chi connectivity index (χ1n) is 15.7. The molecule has 0 radical (unpaired) electrons. The van der Waals surface area contributed by atoms with E-state index in [1.54, 1.807) is 0 Å². The van der Waals surface area contributed by atoms with Crippen LogP contribution in [-0.2, 0) is 0 Å². The van der Waals surface area contributed by atoms with Gasteiger partial charge in [0.2, 0.25) is 0 Å². The summed E-state index contributed by atoms with van der Waals surface area (Å²) < 4.78 is 13.0. The van der Waals surface area contributed by atoms with Crippen molar-refractivity contribution in [3.63, 3.8) is 0 Å². The molecule has 2 aromatic heterocycles. The van der Waals surface area contributed by atoms with Crippen LogP contribution in [0.3, 0.4) is 0 Å². The molecule has 10 rings (SSSR count). The summed E-state index contributed by atoms with van der Waals surface area (Å²) in [5.41, 5.74) is 8.54. The van der Waals surface area contributed by atoms with Gasteiger partial charge in [0, 0.05) is 27.3 Å². The SMILES string of the molecule is c1ccc(-c2c(-c3c4ccccc4c(-c4ccc5cc6oc7ccccc7c6cc5c4)c4ccccc34)oc3ccccc23)cc1. The third-order valence-corrected chi connectivity index (χ3v) is 9.44. The van der Waals surface area contributed by atoms with Crippen molar-refractivity contribution in [1.82, 2.24) is 0 Å². The summed E-state index contributed by atoms with van der Waals surface area (Å²) in [6.07, 6.45) is 0. The second kappa shape index (κ2) is 9.69. The molecule has 0 aliphatic rings. The second-order valence-electron chi connectivity index (χ2n) is 12.0. The third kappa shape index (κ3) is 3.65. The summed E-state index contributed by atoms with van der Waals surface area (Å²) in [7, 11) is 0. The lowest BCUT2D eigenvalue weighted by Crippen LogP contribution is -1.91. The number of rotatable bonds is 3. The van der Waals surface area contributed by atoms with E-state index in [9.17, 15) is 0 Å². The van der Waals surface area contributed by atoms with Crippen LogP contribution >= 0.6 is 0 Å². The van der Waals surface area contributed by atoms with Crippen molar-refractivity contribution >= 4 is 65.2 Å². The van der Waals surface area contributed by atoms with Gasteiger partial charge in [-0.3, -0.25) is 0 Å². The molecule has 0 saturated carbocycles. The molecule has 0 N–H and O–H groups in total. The smallest absolute Gasteiger partial charge is 0.144 e. The van der Waals surface area contributed by atoms with Crippen LogP contribution in [0.2, 0.25) is 0 Å². The van der Waals surface area contributed by atoms with E-state index >= 15 is 0 Å². The van der Waals surface area contributed by atoms with Crippen molar-refractivity contribution in [2.75, 3.05) is 0 Å². The molecule has 0 aliphatic carbocycles. The predicted octanol–water partition coefficient (Wildman–Crippen LogP) is 12.8. The van der Waals surface area contributed by atoms with E-state index in [4.69, 9.17) is 8.83 Å². The maximum Gasteiger partial charge on any atom is 0.144 e. The summed E-state index contributed by atoms with van der Waals surface area (Å²) >= 11 is 0. The minimum Gasteiger partial charge on any atom is -0.456 e. The van der Waals surface area contributed by atoms with Gasteiger partial charge in [0.25, 0.3) is 0 Å². The molecule has 0 atom stereocenters. The minimum absolute atomic E-state index is 0.890. The van der Waals surface area contributed by atoms with Crippen LogP contribution in [0.5, 0.6) is 0 Å². The quantitative estimate of drug-likeness (QED) is 0.193. The number of fused-ring (bicyclic) bond motifs is 7. The van der Waals surface area contributed by atoms with Crippen LogP contribution in [0.4, 0.5) is 0 Å². The van der Waals surface area contributed by atoms with Crippen LogP contribution in [0, 0.1) is 0 Å². The summed E-state index contributed by atoms with van der Waals surface area (Å²) in [6, 6.07) is 56.0. The Kier molecular flexibility index (Phi) is 5.31. The molecular formula is C44H26O2. The average molecular weight is 587 g/mol. The Labute approximate surface area is 264 Å². The van der Waals surface area contributed by atoms with Crippen molar-refractivity contribution < 1.29 is 8.83 Å². The summed E-state index contributed by atoms with van der Waals surface area (Å²) in [6.45, 7) is 0. The molecule has 214 valence electrons. The molecule has 0 spiro atoms. The maximum atomic E-state index is 6.82. The number of para-hydroxylation sites is 2. The molecular weight excluding hydrogens is 560 g/mol. The highest BCUT2D eigenvalue weighted by Gasteiger charge is 2.24. The van der Waals surface area contributed by atoms with E-state index in [1.807, 2.05) is 18.2 Å². The molecule has 2 heterocycles. The lowest BCUT2D eigenvalue weighted by atomic mass is 9.85. The van der Waals surface area contributed by atoms with E-state index in [1.165, 1.54) is 38.1 Å². The normalized spacial score (nSPS) is 11.9. The van der Waals surface area contributed by atoms with Gasteiger partial charge in [-0.25, -0.2) is 0 Å². The zero-order chi connectivity index (χ0) is 30.2. The molecule has 0 amide bonds. The number of hydrogen-bond acceptors (Lipinski definition) is 2. The van der Waals surface area contributed by atoms with Gasteiger partial charge in [0.15, 0.2) is 0 Å². The van der Waals surface area contributed by atoms with E-state index < -0.39 is 0 Å². The Morgan fingerprint density at radius 1 is 0.283 bits per heavy atom. The van der Waals surface area contributed by atoms with Crippen molar-refractivity contribution in [2.24, 2.45) is 0 Å². The van der Waals surface area contributed by atoms with Gasteiger partial charge in [-0.15, -0.1) is 0 Å². The fourth-order valence-electron chi connectivity index (χ4n) is 7.42.